The first kappa shape index (κ1) is 85.9. The number of carbonyl (C=O) groups is 1. The molecule has 514 valence electrons. The summed E-state index contributed by atoms with van der Waals surface area (Å²) >= 11 is 0. The molecule has 0 aromatic rings. The third kappa shape index (κ3) is 72.2. The van der Waals surface area contributed by atoms with Crippen LogP contribution in [0.15, 0.2) is 122 Å². The number of nitrogens with zero attached hydrogens (tertiary/aromatic N) is 1. The van der Waals surface area contributed by atoms with E-state index in [-0.39, 0.29) is 19.1 Å². The summed E-state index contributed by atoms with van der Waals surface area (Å²) in [6.07, 6.45) is 104. The Labute approximate surface area is 552 Å². The normalized spacial score (nSPS) is 14.3. The largest absolute Gasteiger partial charge is 0.472 e. The van der Waals surface area contributed by atoms with E-state index < -0.39 is 20.0 Å². The fourth-order valence-electron chi connectivity index (χ4n) is 10.7. The van der Waals surface area contributed by atoms with Crippen LogP contribution in [0.3, 0.4) is 0 Å². The zero-order valence-corrected chi connectivity index (χ0v) is 59.8. The molecule has 3 atom stereocenters. The van der Waals surface area contributed by atoms with Gasteiger partial charge in [-0.1, -0.05) is 347 Å². The molecule has 0 aromatic carbocycles. The fraction of sp³-hybridized carbons (Fsp3) is 0.738. The van der Waals surface area contributed by atoms with Crippen molar-refractivity contribution in [2.24, 2.45) is 0 Å². The molecule has 0 spiro atoms. The van der Waals surface area contributed by atoms with E-state index >= 15 is 0 Å². The number of hydrogen-bond donors (Lipinski definition) is 3. The van der Waals surface area contributed by atoms with Crippen LogP contribution >= 0.6 is 7.82 Å². The minimum absolute atomic E-state index is 0.0502. The van der Waals surface area contributed by atoms with E-state index in [1.165, 1.54) is 212 Å². The van der Waals surface area contributed by atoms with E-state index in [4.69, 9.17) is 9.05 Å². The van der Waals surface area contributed by atoms with Crippen LogP contribution in [0.1, 0.15) is 328 Å². The van der Waals surface area contributed by atoms with Gasteiger partial charge >= 0.3 is 7.82 Å². The second-order valence-corrected chi connectivity index (χ2v) is 27.7. The SMILES string of the molecule is CC/C=C\C/C=C\C/C=C\C/C=C\C/C=C\C/C=C\C/C=C\C/C=C\CCCCCCCCCCCCC(=O)NC(COP(=O)(O)OCC[N+](C)(C)C)C(O)/C=C/CC/C=C/CCCCCCCCCCCCCCCCCCCCCCCCCCCC. The van der Waals surface area contributed by atoms with Gasteiger partial charge in [0, 0.05) is 6.42 Å². The topological polar surface area (TPSA) is 105 Å². The zero-order valence-electron chi connectivity index (χ0n) is 58.9. The number of nitrogens with one attached hydrogen (secondary N) is 1. The summed E-state index contributed by atoms with van der Waals surface area (Å²) in [5, 5.41) is 14.0. The molecule has 0 rings (SSSR count). The number of phosphoric ester groups is 1. The predicted molar refractivity (Wildman–Crippen MR) is 392 cm³/mol. The molecule has 89 heavy (non-hydrogen) atoms. The molecule has 0 aliphatic carbocycles. The van der Waals surface area contributed by atoms with Crippen molar-refractivity contribution < 1.29 is 32.9 Å². The maximum atomic E-state index is 13.1. The number of hydrogen-bond acceptors (Lipinski definition) is 5. The Kier molecular flexibility index (Phi) is 66.8. The number of likely N-dealkylation sites (N-methyl/N-ethyl adjacent to an activating group) is 1. The Morgan fingerprint density at radius 1 is 0.393 bits per heavy atom. The molecule has 0 saturated carbocycles. The molecular weight excluding hydrogens is 1120 g/mol. The lowest BCUT2D eigenvalue weighted by Gasteiger charge is -2.25. The van der Waals surface area contributed by atoms with Gasteiger partial charge in [0.05, 0.1) is 39.9 Å². The number of aliphatic hydroxyl groups excluding tert-OH is 1. The van der Waals surface area contributed by atoms with Gasteiger partial charge in [-0.3, -0.25) is 13.8 Å². The lowest BCUT2D eigenvalue weighted by atomic mass is 10.0. The van der Waals surface area contributed by atoms with Gasteiger partial charge in [0.2, 0.25) is 5.91 Å². The van der Waals surface area contributed by atoms with Gasteiger partial charge in [-0.15, -0.1) is 0 Å². The molecule has 3 N–H and O–H groups in total. The maximum Gasteiger partial charge on any atom is 0.472 e. The standard InChI is InChI=1S/C80H143N2O6P/c1-6-8-10-12-14-16-18-20-22-24-26-28-30-32-34-36-38-40-41-42-44-46-48-50-52-54-56-58-60-62-64-66-68-70-72-74-80(84)81-78(77-88-89(85,86)87-76-75-82(3,4)5)79(83)73-71-69-67-65-63-61-59-57-55-53-51-49-47-45-43-39-37-35-33-31-29-27-25-23-21-19-17-15-13-11-9-7-2/h8,10,14,16,20,22,26,28,32,34,38,40,42,44,48,50,63,65,71,73,78-79,83H,6-7,9,11-13,15,17-19,21,23-25,27,29-31,33,35-37,39,41,43,45-47,49,51-62,64,66-70,72,74-77H2,1-5H3,(H-,81,84,85,86)/p+1/b10-8-,16-14-,22-20-,28-26-,34-32-,40-38-,44-42-,50-48-,65-63+,73-71+. The van der Waals surface area contributed by atoms with Crippen LogP contribution in [0.5, 0.6) is 0 Å². The molecule has 0 heterocycles. The van der Waals surface area contributed by atoms with E-state index in [0.717, 1.165) is 96.3 Å². The highest BCUT2D eigenvalue weighted by Gasteiger charge is 2.28. The first-order valence-electron chi connectivity index (χ1n) is 37.4. The molecule has 3 unspecified atom stereocenters. The molecule has 0 radical (unpaired) electrons. The van der Waals surface area contributed by atoms with Gasteiger partial charge in [0.1, 0.15) is 13.2 Å². The summed E-state index contributed by atoms with van der Waals surface area (Å²) in [6.45, 7) is 4.70. The highest BCUT2D eigenvalue weighted by atomic mass is 31.2. The van der Waals surface area contributed by atoms with E-state index in [1.54, 1.807) is 6.08 Å². The molecule has 0 aliphatic rings. The number of carbonyl (C=O) groups excluding carboxylic acids is 1. The number of allylic oxidation sites excluding steroid dienone is 19. The monoisotopic (exact) mass is 1260 g/mol. The van der Waals surface area contributed by atoms with Crippen molar-refractivity contribution in [3.63, 3.8) is 0 Å². The average Bonchev–Trinajstić information content (AvgIpc) is 3.64. The number of rotatable bonds is 68. The quantitative estimate of drug-likeness (QED) is 0.0243. The van der Waals surface area contributed by atoms with Crippen LogP contribution in [-0.2, 0) is 18.4 Å². The van der Waals surface area contributed by atoms with Crippen molar-refractivity contribution >= 4 is 13.7 Å². The molecule has 0 aromatic heterocycles. The molecule has 8 nitrogen and oxygen atoms in total. The zero-order chi connectivity index (χ0) is 64.8. The minimum Gasteiger partial charge on any atom is -0.387 e. The van der Waals surface area contributed by atoms with Crippen LogP contribution in [0.25, 0.3) is 0 Å². The fourth-order valence-corrected chi connectivity index (χ4v) is 11.4. The number of quaternary nitrogens is 1. The van der Waals surface area contributed by atoms with Crippen molar-refractivity contribution in [3.8, 4) is 0 Å². The van der Waals surface area contributed by atoms with Crippen molar-refractivity contribution in [3.05, 3.63) is 122 Å². The molecule has 0 aliphatic heterocycles. The molecule has 0 saturated heterocycles. The van der Waals surface area contributed by atoms with Gasteiger partial charge in [-0.25, -0.2) is 4.57 Å². The van der Waals surface area contributed by atoms with Crippen LogP contribution in [0, 0.1) is 0 Å². The van der Waals surface area contributed by atoms with E-state index in [0.29, 0.717) is 17.4 Å². The van der Waals surface area contributed by atoms with Gasteiger partial charge in [0.15, 0.2) is 0 Å². The average molecular weight is 1260 g/mol. The van der Waals surface area contributed by atoms with Crippen molar-refractivity contribution in [2.75, 3.05) is 40.9 Å². The van der Waals surface area contributed by atoms with Gasteiger partial charge in [-0.2, -0.15) is 0 Å². The van der Waals surface area contributed by atoms with Crippen molar-refractivity contribution in [1.82, 2.24) is 5.32 Å². The molecular formula is C80H144N2O6P+. The van der Waals surface area contributed by atoms with Gasteiger partial charge < -0.3 is 19.8 Å². The van der Waals surface area contributed by atoms with Gasteiger partial charge in [-0.05, 0) is 96.3 Å². The Morgan fingerprint density at radius 3 is 1.03 bits per heavy atom. The molecule has 9 heteroatoms. The van der Waals surface area contributed by atoms with Crippen molar-refractivity contribution in [2.45, 2.75) is 341 Å². The summed E-state index contributed by atoms with van der Waals surface area (Å²) in [5.74, 6) is -0.193. The van der Waals surface area contributed by atoms with E-state index in [1.807, 2.05) is 27.2 Å². The second-order valence-electron chi connectivity index (χ2n) is 26.3. The number of phosphoric acid groups is 1. The lowest BCUT2D eigenvalue weighted by molar-refractivity contribution is -0.870. The van der Waals surface area contributed by atoms with E-state index in [2.05, 4.69) is 129 Å². The number of unbranched alkanes of at least 4 members (excludes halogenated alkanes) is 37. The number of aliphatic hydroxyl groups is 1. The molecule has 0 bridgehead atoms. The van der Waals surface area contributed by atoms with Crippen LogP contribution < -0.4 is 5.32 Å². The molecule has 1 amide bonds. The Bertz CT molecular complexity index is 1870. The summed E-state index contributed by atoms with van der Waals surface area (Å²) in [7, 11) is 1.55. The first-order valence-corrected chi connectivity index (χ1v) is 38.9. The minimum atomic E-state index is -4.37. The highest BCUT2D eigenvalue weighted by molar-refractivity contribution is 7.47. The van der Waals surface area contributed by atoms with Crippen molar-refractivity contribution in [1.29, 1.82) is 0 Å². The third-order valence-corrected chi connectivity index (χ3v) is 17.4. The molecule has 0 fully saturated rings. The highest BCUT2D eigenvalue weighted by Crippen LogP contribution is 2.43. The van der Waals surface area contributed by atoms with Gasteiger partial charge in [0.25, 0.3) is 0 Å². The number of amides is 1. The third-order valence-electron chi connectivity index (χ3n) is 16.4. The smallest absolute Gasteiger partial charge is 0.387 e. The van der Waals surface area contributed by atoms with Crippen LogP contribution in [0.4, 0.5) is 0 Å². The Morgan fingerprint density at radius 2 is 0.685 bits per heavy atom. The second kappa shape index (κ2) is 69.2. The summed E-state index contributed by atoms with van der Waals surface area (Å²) in [4.78, 5) is 23.5. The summed E-state index contributed by atoms with van der Waals surface area (Å²) < 4.78 is 23.8. The summed E-state index contributed by atoms with van der Waals surface area (Å²) in [5.41, 5.74) is 0. The van der Waals surface area contributed by atoms with Crippen LogP contribution in [-0.4, -0.2) is 73.4 Å². The summed E-state index contributed by atoms with van der Waals surface area (Å²) in [6, 6.07) is -0.876. The first-order chi connectivity index (χ1) is 43.5. The lowest BCUT2D eigenvalue weighted by Crippen LogP contribution is -2.45. The Balaban J connectivity index is 4.12. The van der Waals surface area contributed by atoms with Crippen LogP contribution in [0.2, 0.25) is 0 Å². The van der Waals surface area contributed by atoms with E-state index in [9.17, 15) is 19.4 Å². The predicted octanol–water partition coefficient (Wildman–Crippen LogP) is 24.4. The maximum absolute atomic E-state index is 13.1. The Hall–Kier alpha value is -3.10.